The molecule has 29 heavy (non-hydrogen) atoms. The van der Waals surface area contributed by atoms with Crippen LogP contribution < -0.4 is 4.90 Å². The molecule has 1 aromatic heterocycles. The number of aromatic nitrogens is 1. The normalized spacial score (nSPS) is 16.7. The summed E-state index contributed by atoms with van der Waals surface area (Å²) >= 11 is 0. The lowest BCUT2D eigenvalue weighted by atomic mass is 10.0. The van der Waals surface area contributed by atoms with Gasteiger partial charge in [-0.3, -0.25) is 9.78 Å². The summed E-state index contributed by atoms with van der Waals surface area (Å²) < 4.78 is 0. The predicted octanol–water partition coefficient (Wildman–Crippen LogP) is 4.73. The van der Waals surface area contributed by atoms with Crippen LogP contribution in [0.2, 0.25) is 0 Å². The van der Waals surface area contributed by atoms with Gasteiger partial charge in [0.25, 0.3) is 5.91 Å². The highest BCUT2D eigenvalue weighted by molar-refractivity contribution is 6.02. The van der Waals surface area contributed by atoms with Crippen LogP contribution in [0.15, 0.2) is 48.5 Å². The number of fused-ring (bicyclic) bond motifs is 2. The molecule has 2 aromatic carbocycles. The number of nitrogens with zero attached hydrogens (tertiary/aromatic N) is 3. The van der Waals surface area contributed by atoms with Crippen molar-refractivity contribution < 1.29 is 4.79 Å². The number of carbonyl (C=O) groups excluding carboxylic acids is 1. The summed E-state index contributed by atoms with van der Waals surface area (Å²) in [6.45, 7) is 5.68. The second kappa shape index (κ2) is 7.51. The SMILES string of the molecule is Cc1ccc2c(n1)CCN(c1cccc3cc(C(=O)N4CCCCC4)ccc13)C2. The van der Waals surface area contributed by atoms with Gasteiger partial charge in [-0.05, 0) is 61.4 Å². The Labute approximate surface area is 172 Å². The third-order valence-corrected chi connectivity index (χ3v) is 6.28. The molecule has 0 bridgehead atoms. The second-order valence-electron chi connectivity index (χ2n) is 8.30. The molecule has 0 radical (unpaired) electrons. The van der Waals surface area contributed by atoms with E-state index < -0.39 is 0 Å². The monoisotopic (exact) mass is 385 g/mol. The van der Waals surface area contributed by atoms with Crippen molar-refractivity contribution in [3.63, 3.8) is 0 Å². The van der Waals surface area contributed by atoms with Gasteiger partial charge in [-0.2, -0.15) is 0 Å². The zero-order valence-corrected chi connectivity index (χ0v) is 17.0. The fourth-order valence-electron chi connectivity index (χ4n) is 4.69. The molecule has 5 rings (SSSR count). The van der Waals surface area contributed by atoms with Crippen LogP contribution in [0.3, 0.4) is 0 Å². The average molecular weight is 386 g/mol. The minimum Gasteiger partial charge on any atom is -0.366 e. The van der Waals surface area contributed by atoms with Gasteiger partial charge in [0, 0.05) is 60.6 Å². The van der Waals surface area contributed by atoms with Gasteiger partial charge in [0.05, 0.1) is 0 Å². The van der Waals surface area contributed by atoms with Crippen LogP contribution in [0.25, 0.3) is 10.8 Å². The lowest BCUT2D eigenvalue weighted by Gasteiger charge is -2.31. The van der Waals surface area contributed by atoms with E-state index in [4.69, 9.17) is 4.98 Å². The van der Waals surface area contributed by atoms with Gasteiger partial charge >= 0.3 is 0 Å². The van der Waals surface area contributed by atoms with Gasteiger partial charge in [0.2, 0.25) is 0 Å². The number of anilines is 1. The number of rotatable bonds is 2. The summed E-state index contributed by atoms with van der Waals surface area (Å²) in [6, 6.07) is 16.9. The molecule has 1 amide bonds. The molecule has 0 spiro atoms. The van der Waals surface area contributed by atoms with Crippen molar-refractivity contribution in [3.8, 4) is 0 Å². The van der Waals surface area contributed by atoms with E-state index in [2.05, 4.69) is 54.3 Å². The lowest BCUT2D eigenvalue weighted by molar-refractivity contribution is 0.0724. The minimum absolute atomic E-state index is 0.172. The first-order valence-corrected chi connectivity index (χ1v) is 10.7. The first kappa shape index (κ1) is 18.2. The second-order valence-corrected chi connectivity index (χ2v) is 8.30. The Balaban J connectivity index is 1.45. The molecule has 1 saturated heterocycles. The van der Waals surface area contributed by atoms with Crippen LogP contribution in [0.4, 0.5) is 5.69 Å². The molecule has 4 heteroatoms. The summed E-state index contributed by atoms with van der Waals surface area (Å²) in [5.74, 6) is 0.172. The lowest BCUT2D eigenvalue weighted by Crippen LogP contribution is -2.35. The van der Waals surface area contributed by atoms with Crippen molar-refractivity contribution in [2.45, 2.75) is 39.2 Å². The van der Waals surface area contributed by atoms with E-state index in [1.54, 1.807) is 0 Å². The summed E-state index contributed by atoms with van der Waals surface area (Å²) in [4.78, 5) is 22.1. The molecule has 148 valence electrons. The van der Waals surface area contributed by atoms with E-state index in [0.717, 1.165) is 62.1 Å². The van der Waals surface area contributed by atoms with E-state index >= 15 is 0 Å². The number of carbonyl (C=O) groups is 1. The van der Waals surface area contributed by atoms with E-state index in [1.165, 1.54) is 28.8 Å². The van der Waals surface area contributed by atoms with E-state index in [0.29, 0.717) is 0 Å². The fraction of sp³-hybridized carbons (Fsp3) is 0.360. The topological polar surface area (TPSA) is 36.4 Å². The number of amides is 1. The number of likely N-dealkylation sites (tertiary alicyclic amines) is 1. The fourth-order valence-corrected chi connectivity index (χ4v) is 4.69. The molecular formula is C25H27N3O. The number of piperidine rings is 1. The molecule has 0 atom stereocenters. The molecule has 0 aliphatic carbocycles. The van der Waals surface area contributed by atoms with Crippen LogP contribution in [0.5, 0.6) is 0 Å². The van der Waals surface area contributed by atoms with E-state index in [9.17, 15) is 4.79 Å². The highest BCUT2D eigenvalue weighted by atomic mass is 16.2. The van der Waals surface area contributed by atoms with Crippen LogP contribution in [-0.2, 0) is 13.0 Å². The van der Waals surface area contributed by atoms with Crippen molar-refractivity contribution in [1.82, 2.24) is 9.88 Å². The number of pyridine rings is 1. The largest absolute Gasteiger partial charge is 0.366 e. The molecule has 0 N–H and O–H groups in total. The number of hydrogen-bond donors (Lipinski definition) is 0. The number of hydrogen-bond acceptors (Lipinski definition) is 3. The Hall–Kier alpha value is -2.88. The number of benzene rings is 2. The molecule has 3 aromatic rings. The smallest absolute Gasteiger partial charge is 0.253 e. The summed E-state index contributed by atoms with van der Waals surface area (Å²) in [6.07, 6.45) is 4.44. The van der Waals surface area contributed by atoms with E-state index in [1.807, 2.05) is 11.0 Å². The van der Waals surface area contributed by atoms with Crippen LogP contribution in [0.1, 0.15) is 46.6 Å². The Morgan fingerprint density at radius 2 is 1.83 bits per heavy atom. The van der Waals surface area contributed by atoms with Gasteiger partial charge in [-0.1, -0.05) is 24.3 Å². The Bertz CT molecular complexity index is 1070. The van der Waals surface area contributed by atoms with Crippen molar-refractivity contribution in [3.05, 3.63) is 71.0 Å². The zero-order chi connectivity index (χ0) is 19.8. The Morgan fingerprint density at radius 3 is 2.69 bits per heavy atom. The summed E-state index contributed by atoms with van der Waals surface area (Å²) in [5, 5.41) is 2.35. The van der Waals surface area contributed by atoms with Crippen LogP contribution in [0, 0.1) is 6.92 Å². The van der Waals surface area contributed by atoms with E-state index in [-0.39, 0.29) is 5.91 Å². The minimum atomic E-state index is 0.172. The Kier molecular flexibility index (Phi) is 4.70. The molecule has 3 heterocycles. The molecular weight excluding hydrogens is 358 g/mol. The van der Waals surface area contributed by atoms with Crippen LogP contribution >= 0.6 is 0 Å². The first-order valence-electron chi connectivity index (χ1n) is 10.7. The first-order chi connectivity index (χ1) is 14.2. The quantitative estimate of drug-likeness (QED) is 0.640. The van der Waals surface area contributed by atoms with Crippen molar-refractivity contribution in [1.29, 1.82) is 0 Å². The Morgan fingerprint density at radius 1 is 0.966 bits per heavy atom. The molecule has 1 fully saturated rings. The maximum atomic E-state index is 12.9. The molecule has 2 aliphatic rings. The maximum Gasteiger partial charge on any atom is 0.253 e. The zero-order valence-electron chi connectivity index (χ0n) is 17.0. The summed E-state index contributed by atoms with van der Waals surface area (Å²) in [5.41, 5.74) is 5.69. The third kappa shape index (κ3) is 3.48. The highest BCUT2D eigenvalue weighted by Crippen LogP contribution is 2.31. The van der Waals surface area contributed by atoms with Gasteiger partial charge in [-0.15, -0.1) is 0 Å². The highest BCUT2D eigenvalue weighted by Gasteiger charge is 2.21. The van der Waals surface area contributed by atoms with Gasteiger partial charge in [0.15, 0.2) is 0 Å². The third-order valence-electron chi connectivity index (χ3n) is 6.28. The van der Waals surface area contributed by atoms with Gasteiger partial charge in [0.1, 0.15) is 0 Å². The molecule has 0 unspecified atom stereocenters. The molecule has 4 nitrogen and oxygen atoms in total. The van der Waals surface area contributed by atoms with Crippen molar-refractivity contribution in [2.75, 3.05) is 24.5 Å². The van der Waals surface area contributed by atoms with Crippen LogP contribution in [-0.4, -0.2) is 35.4 Å². The standard InChI is InChI=1S/C25H27N3O/c1-18-8-9-21-17-28(15-12-23(21)26-18)24-7-5-6-19-16-20(10-11-22(19)24)25(29)27-13-3-2-4-14-27/h5-11,16H,2-4,12-15,17H2,1H3. The maximum absolute atomic E-state index is 12.9. The molecule has 0 saturated carbocycles. The van der Waals surface area contributed by atoms with Crippen molar-refractivity contribution >= 4 is 22.4 Å². The number of aryl methyl sites for hydroxylation is 1. The van der Waals surface area contributed by atoms with Gasteiger partial charge < -0.3 is 9.80 Å². The molecule has 2 aliphatic heterocycles. The van der Waals surface area contributed by atoms with Gasteiger partial charge in [-0.25, -0.2) is 0 Å². The average Bonchev–Trinajstić information content (AvgIpc) is 2.78. The summed E-state index contributed by atoms with van der Waals surface area (Å²) in [7, 11) is 0. The predicted molar refractivity (Wildman–Crippen MR) is 117 cm³/mol. The van der Waals surface area contributed by atoms with Crippen molar-refractivity contribution in [2.24, 2.45) is 0 Å².